The van der Waals surface area contributed by atoms with Crippen molar-refractivity contribution in [3.63, 3.8) is 0 Å². The molecule has 0 radical (unpaired) electrons. The zero-order chi connectivity index (χ0) is 14.8. The van der Waals surface area contributed by atoms with Crippen molar-refractivity contribution in [2.24, 2.45) is 7.05 Å². The van der Waals surface area contributed by atoms with Gasteiger partial charge in [0.1, 0.15) is 17.2 Å². The molecule has 1 aromatic carbocycles. The highest BCUT2D eigenvalue weighted by molar-refractivity contribution is 5.77. The molecule has 0 aliphatic heterocycles. The molecule has 5 nitrogen and oxygen atoms in total. The van der Waals surface area contributed by atoms with Crippen LogP contribution < -0.4 is 9.47 Å². The van der Waals surface area contributed by atoms with E-state index in [1.165, 1.54) is 0 Å². The molecule has 0 bridgehead atoms. The van der Waals surface area contributed by atoms with Crippen molar-refractivity contribution in [1.29, 1.82) is 0 Å². The number of aromatic nitrogens is 2. The molecule has 0 fully saturated rings. The third-order valence-corrected chi connectivity index (χ3v) is 3.32. The van der Waals surface area contributed by atoms with Crippen LogP contribution in [0.5, 0.6) is 11.5 Å². The number of nitrogens with zero attached hydrogens (tertiary/aromatic N) is 2. The lowest BCUT2D eigenvalue weighted by Gasteiger charge is -2.08. The van der Waals surface area contributed by atoms with Gasteiger partial charge in [0.05, 0.1) is 32.5 Å². The van der Waals surface area contributed by atoms with E-state index < -0.39 is 0 Å². The lowest BCUT2D eigenvalue weighted by molar-refractivity contribution is 0.394. The molecule has 2 aromatic heterocycles. The number of hydrogen-bond donors (Lipinski definition) is 0. The maximum Gasteiger partial charge on any atom is 0.152 e. The molecule has 5 heteroatoms. The van der Waals surface area contributed by atoms with Gasteiger partial charge in [0, 0.05) is 18.7 Å². The van der Waals surface area contributed by atoms with Gasteiger partial charge in [-0.1, -0.05) is 0 Å². The average molecular weight is 284 g/mol. The monoisotopic (exact) mass is 284 g/mol. The van der Waals surface area contributed by atoms with Gasteiger partial charge >= 0.3 is 0 Å². The summed E-state index contributed by atoms with van der Waals surface area (Å²) < 4.78 is 18.1. The predicted octanol–water partition coefficient (Wildman–Crippen LogP) is 3.36. The van der Waals surface area contributed by atoms with Crippen LogP contribution in [0.1, 0.15) is 0 Å². The molecule has 0 aliphatic rings. The SMILES string of the molecule is COc1cc(OC)cc(-c2ncn(C)c2-c2ccco2)c1. The Bertz CT molecular complexity index is 723. The smallest absolute Gasteiger partial charge is 0.152 e. The summed E-state index contributed by atoms with van der Waals surface area (Å²) in [5, 5.41) is 0. The van der Waals surface area contributed by atoms with E-state index in [-0.39, 0.29) is 0 Å². The molecular formula is C16H16N2O3. The number of methoxy groups -OCH3 is 2. The van der Waals surface area contributed by atoms with Gasteiger partial charge in [-0.25, -0.2) is 4.98 Å². The Morgan fingerprint density at radius 1 is 1.10 bits per heavy atom. The van der Waals surface area contributed by atoms with Crippen LogP contribution in [-0.2, 0) is 7.05 Å². The number of furan rings is 1. The van der Waals surface area contributed by atoms with Crippen LogP contribution >= 0.6 is 0 Å². The molecule has 0 amide bonds. The van der Waals surface area contributed by atoms with Gasteiger partial charge in [-0.2, -0.15) is 0 Å². The molecule has 0 aliphatic carbocycles. The first-order chi connectivity index (χ1) is 10.2. The first kappa shape index (κ1) is 13.3. The van der Waals surface area contributed by atoms with Gasteiger partial charge in [-0.3, -0.25) is 0 Å². The lowest BCUT2D eigenvalue weighted by atomic mass is 10.1. The molecule has 0 spiro atoms. The van der Waals surface area contributed by atoms with Gasteiger partial charge in [-0.15, -0.1) is 0 Å². The molecule has 0 N–H and O–H groups in total. The zero-order valence-electron chi connectivity index (χ0n) is 12.2. The minimum Gasteiger partial charge on any atom is -0.497 e. The Kier molecular flexibility index (Phi) is 3.39. The molecule has 108 valence electrons. The van der Waals surface area contributed by atoms with Crippen LogP contribution in [-0.4, -0.2) is 23.8 Å². The maximum atomic E-state index is 5.51. The van der Waals surface area contributed by atoms with E-state index in [1.54, 1.807) is 26.8 Å². The number of benzene rings is 1. The van der Waals surface area contributed by atoms with Crippen LogP contribution in [0.2, 0.25) is 0 Å². The highest BCUT2D eigenvalue weighted by atomic mass is 16.5. The van der Waals surface area contributed by atoms with Crippen molar-refractivity contribution in [1.82, 2.24) is 9.55 Å². The second-order valence-corrected chi connectivity index (χ2v) is 4.63. The number of ether oxygens (including phenoxy) is 2. The van der Waals surface area contributed by atoms with Gasteiger partial charge in [0.25, 0.3) is 0 Å². The van der Waals surface area contributed by atoms with Crippen molar-refractivity contribution >= 4 is 0 Å². The minimum atomic E-state index is 0.723. The Labute approximate surface area is 122 Å². The van der Waals surface area contributed by atoms with Crippen molar-refractivity contribution in [2.45, 2.75) is 0 Å². The lowest BCUT2D eigenvalue weighted by Crippen LogP contribution is -1.92. The van der Waals surface area contributed by atoms with Crippen LogP contribution in [0, 0.1) is 0 Å². The fourth-order valence-corrected chi connectivity index (χ4v) is 2.29. The molecule has 2 heterocycles. The molecule has 0 unspecified atom stereocenters. The number of imidazole rings is 1. The van der Waals surface area contributed by atoms with E-state index in [2.05, 4.69) is 4.98 Å². The maximum absolute atomic E-state index is 5.51. The van der Waals surface area contributed by atoms with Crippen molar-refractivity contribution in [2.75, 3.05) is 14.2 Å². The molecule has 0 atom stereocenters. The molecule has 21 heavy (non-hydrogen) atoms. The second kappa shape index (κ2) is 5.36. The zero-order valence-corrected chi connectivity index (χ0v) is 12.2. The summed E-state index contributed by atoms with van der Waals surface area (Å²) in [6.45, 7) is 0. The number of hydrogen-bond acceptors (Lipinski definition) is 4. The molecule has 3 aromatic rings. The quantitative estimate of drug-likeness (QED) is 0.737. The molecule has 0 saturated heterocycles. The van der Waals surface area contributed by atoms with E-state index in [4.69, 9.17) is 13.9 Å². The number of rotatable bonds is 4. The highest BCUT2D eigenvalue weighted by Crippen LogP contribution is 2.35. The largest absolute Gasteiger partial charge is 0.497 e. The Hall–Kier alpha value is -2.69. The van der Waals surface area contributed by atoms with Crippen LogP contribution in [0.4, 0.5) is 0 Å². The highest BCUT2D eigenvalue weighted by Gasteiger charge is 2.16. The first-order valence-electron chi connectivity index (χ1n) is 6.51. The second-order valence-electron chi connectivity index (χ2n) is 4.63. The summed E-state index contributed by atoms with van der Waals surface area (Å²) in [5.74, 6) is 2.22. The standard InChI is InChI=1S/C16H16N2O3/c1-18-10-17-15(16(18)14-5-4-6-21-14)11-7-12(19-2)9-13(8-11)20-3/h4-10H,1-3H3. The third-order valence-electron chi connectivity index (χ3n) is 3.32. The fourth-order valence-electron chi connectivity index (χ4n) is 2.29. The molecule has 0 saturated carbocycles. The average Bonchev–Trinajstić information content (AvgIpc) is 3.15. The summed E-state index contributed by atoms with van der Waals surface area (Å²) in [7, 11) is 5.20. The van der Waals surface area contributed by atoms with E-state index in [0.717, 1.165) is 34.2 Å². The Morgan fingerprint density at radius 3 is 2.38 bits per heavy atom. The van der Waals surface area contributed by atoms with Gasteiger partial charge in [-0.05, 0) is 24.3 Å². The topological polar surface area (TPSA) is 49.4 Å². The molecule has 3 rings (SSSR count). The Balaban J connectivity index is 2.18. The van der Waals surface area contributed by atoms with E-state index in [9.17, 15) is 0 Å². The van der Waals surface area contributed by atoms with Crippen molar-refractivity contribution in [3.8, 4) is 34.2 Å². The normalized spacial score (nSPS) is 10.6. The summed E-state index contributed by atoms with van der Waals surface area (Å²) >= 11 is 0. The van der Waals surface area contributed by atoms with E-state index in [1.807, 2.05) is 41.9 Å². The summed E-state index contributed by atoms with van der Waals surface area (Å²) in [6.07, 6.45) is 3.41. The summed E-state index contributed by atoms with van der Waals surface area (Å²) in [4.78, 5) is 4.48. The molecular weight excluding hydrogens is 268 g/mol. The van der Waals surface area contributed by atoms with Crippen molar-refractivity contribution in [3.05, 3.63) is 42.9 Å². The minimum absolute atomic E-state index is 0.723. The fraction of sp³-hybridized carbons (Fsp3) is 0.188. The van der Waals surface area contributed by atoms with Crippen LogP contribution in [0.25, 0.3) is 22.7 Å². The van der Waals surface area contributed by atoms with Gasteiger partial charge in [0.2, 0.25) is 0 Å². The summed E-state index contributed by atoms with van der Waals surface area (Å²) in [5.41, 5.74) is 2.65. The van der Waals surface area contributed by atoms with E-state index in [0.29, 0.717) is 0 Å². The van der Waals surface area contributed by atoms with Crippen LogP contribution in [0.15, 0.2) is 47.3 Å². The predicted molar refractivity (Wildman–Crippen MR) is 79.5 cm³/mol. The van der Waals surface area contributed by atoms with Gasteiger partial charge < -0.3 is 18.5 Å². The first-order valence-corrected chi connectivity index (χ1v) is 6.51. The van der Waals surface area contributed by atoms with E-state index >= 15 is 0 Å². The summed E-state index contributed by atoms with van der Waals surface area (Å²) in [6, 6.07) is 9.46. The number of aryl methyl sites for hydroxylation is 1. The van der Waals surface area contributed by atoms with Crippen LogP contribution in [0.3, 0.4) is 0 Å². The Morgan fingerprint density at radius 2 is 1.81 bits per heavy atom. The third kappa shape index (κ3) is 2.38. The van der Waals surface area contributed by atoms with Gasteiger partial charge in [0.15, 0.2) is 5.76 Å². The van der Waals surface area contributed by atoms with Crippen molar-refractivity contribution < 1.29 is 13.9 Å².